The number of halogens is 2. The van der Waals surface area contributed by atoms with E-state index < -0.39 is 17.3 Å². The summed E-state index contributed by atoms with van der Waals surface area (Å²) >= 11 is 5.96. The lowest BCUT2D eigenvalue weighted by molar-refractivity contribution is 0.0942. The van der Waals surface area contributed by atoms with E-state index in [-0.39, 0.29) is 43.1 Å². The lowest BCUT2D eigenvalue weighted by atomic mass is 10.2. The normalized spacial score (nSPS) is 10.8. The van der Waals surface area contributed by atoms with Gasteiger partial charge in [0, 0.05) is 29.5 Å². The molecule has 3 rings (SSSR count). The van der Waals surface area contributed by atoms with E-state index in [1.807, 2.05) is 0 Å². The molecule has 0 saturated heterocycles. The molecule has 0 aliphatic carbocycles. The molecule has 0 bridgehead atoms. The number of nitrogens with zero attached hydrogens (tertiary/aromatic N) is 2. The minimum Gasteiger partial charge on any atom is -0.488 e. The fraction of sp³-hybridized carbons (Fsp3) is 0.261. The number of hydrogen-bond acceptors (Lipinski definition) is 6. The van der Waals surface area contributed by atoms with Crippen LogP contribution in [-0.2, 0) is 6.54 Å². The van der Waals surface area contributed by atoms with Gasteiger partial charge >= 0.3 is 0 Å². The molecule has 33 heavy (non-hydrogen) atoms. The quantitative estimate of drug-likeness (QED) is 0.439. The molecule has 0 radical (unpaired) electrons. The second kappa shape index (κ2) is 10.9. The van der Waals surface area contributed by atoms with Crippen molar-refractivity contribution in [2.24, 2.45) is 0 Å². The molecule has 3 aromatic rings. The molecular formula is C23H24ClFN4O4. The number of aliphatic hydroxyl groups is 1. The van der Waals surface area contributed by atoms with Crippen LogP contribution in [0.15, 0.2) is 53.5 Å². The number of anilines is 2. The van der Waals surface area contributed by atoms with Gasteiger partial charge in [-0.1, -0.05) is 23.7 Å². The third kappa shape index (κ3) is 6.53. The Balaban J connectivity index is 1.97. The number of carbonyl (C=O) groups excluding carboxylic acids is 1. The standard InChI is InChI=1S/C23H24ClFN4O4/c1-14(2)33-20-8-7-17(11-19(20)25)27-23-28-22(32)18(21(31)26-9-10-30)13-29(23)12-15-3-5-16(24)6-4-15/h3-8,11,13-14,30H,9-10,12H2,1-2H3,(H,26,31)(H,27,28,32). The largest absolute Gasteiger partial charge is 0.488 e. The summed E-state index contributed by atoms with van der Waals surface area (Å²) in [6.45, 7) is 3.58. The van der Waals surface area contributed by atoms with E-state index in [1.54, 1.807) is 48.7 Å². The number of carbonyl (C=O) groups is 1. The summed E-state index contributed by atoms with van der Waals surface area (Å²) in [5.41, 5.74) is 0.231. The van der Waals surface area contributed by atoms with Crippen LogP contribution in [-0.4, -0.2) is 39.8 Å². The van der Waals surface area contributed by atoms with Crippen LogP contribution in [0, 0.1) is 5.82 Å². The Morgan fingerprint density at radius 2 is 1.97 bits per heavy atom. The lowest BCUT2D eigenvalue weighted by Gasteiger charge is -2.16. The number of ether oxygens (including phenoxy) is 1. The van der Waals surface area contributed by atoms with E-state index in [0.29, 0.717) is 10.7 Å². The van der Waals surface area contributed by atoms with Crippen LogP contribution >= 0.6 is 11.6 Å². The summed E-state index contributed by atoms with van der Waals surface area (Å²) in [4.78, 5) is 28.9. The average Bonchev–Trinajstić information content (AvgIpc) is 2.77. The average molecular weight is 475 g/mol. The lowest BCUT2D eigenvalue weighted by Crippen LogP contribution is -2.33. The van der Waals surface area contributed by atoms with Gasteiger partial charge in [-0.15, -0.1) is 0 Å². The Morgan fingerprint density at radius 3 is 2.61 bits per heavy atom. The Kier molecular flexibility index (Phi) is 8.02. The highest BCUT2D eigenvalue weighted by Gasteiger charge is 2.16. The van der Waals surface area contributed by atoms with Crippen molar-refractivity contribution in [2.75, 3.05) is 18.5 Å². The van der Waals surface area contributed by atoms with Crippen molar-refractivity contribution in [3.8, 4) is 5.75 Å². The summed E-state index contributed by atoms with van der Waals surface area (Å²) in [5.74, 6) is -0.997. The Morgan fingerprint density at radius 1 is 1.24 bits per heavy atom. The predicted octanol–water partition coefficient (Wildman–Crippen LogP) is 3.34. The van der Waals surface area contributed by atoms with Gasteiger partial charge in [-0.2, -0.15) is 4.98 Å². The summed E-state index contributed by atoms with van der Waals surface area (Å²) < 4.78 is 21.4. The second-order valence-corrected chi connectivity index (χ2v) is 7.89. The second-order valence-electron chi connectivity index (χ2n) is 7.45. The van der Waals surface area contributed by atoms with Gasteiger partial charge < -0.3 is 25.0 Å². The van der Waals surface area contributed by atoms with Crippen LogP contribution < -0.4 is 20.9 Å². The first kappa shape index (κ1) is 24.2. The van der Waals surface area contributed by atoms with Crippen molar-refractivity contribution in [1.82, 2.24) is 14.9 Å². The fourth-order valence-electron chi connectivity index (χ4n) is 2.98. The number of aromatic nitrogens is 2. The maximum absolute atomic E-state index is 14.4. The number of hydrogen-bond donors (Lipinski definition) is 3. The van der Waals surface area contributed by atoms with Crippen LogP contribution in [0.2, 0.25) is 5.02 Å². The molecule has 1 heterocycles. The molecule has 8 nitrogen and oxygen atoms in total. The Hall–Kier alpha value is -3.43. The van der Waals surface area contributed by atoms with Crippen molar-refractivity contribution >= 4 is 29.1 Å². The smallest absolute Gasteiger partial charge is 0.287 e. The summed E-state index contributed by atoms with van der Waals surface area (Å²) in [6.07, 6.45) is 1.18. The first-order chi connectivity index (χ1) is 15.8. The summed E-state index contributed by atoms with van der Waals surface area (Å²) in [6, 6.07) is 11.4. The van der Waals surface area contributed by atoms with Gasteiger partial charge in [0.05, 0.1) is 19.3 Å². The molecule has 1 aromatic heterocycles. The third-order valence-electron chi connectivity index (χ3n) is 4.45. The minimum absolute atomic E-state index is 0.000463. The van der Waals surface area contributed by atoms with Crippen molar-refractivity contribution in [3.63, 3.8) is 0 Å². The highest BCUT2D eigenvalue weighted by atomic mass is 35.5. The first-order valence-corrected chi connectivity index (χ1v) is 10.6. The van der Waals surface area contributed by atoms with Gasteiger partial charge in [-0.05, 0) is 43.7 Å². The maximum Gasteiger partial charge on any atom is 0.287 e. The van der Waals surface area contributed by atoms with E-state index in [9.17, 15) is 14.0 Å². The molecule has 1 amide bonds. The van der Waals surface area contributed by atoms with Crippen LogP contribution in [0.25, 0.3) is 0 Å². The molecule has 2 aromatic carbocycles. The van der Waals surface area contributed by atoms with Gasteiger partial charge in [0.1, 0.15) is 5.56 Å². The number of nitrogens with one attached hydrogen (secondary N) is 2. The SMILES string of the molecule is CC(C)Oc1ccc(Nc2nc(=O)c(C(=O)NCCO)cn2Cc2ccc(Cl)cc2)cc1F. The monoisotopic (exact) mass is 474 g/mol. The molecule has 0 fully saturated rings. The predicted molar refractivity (Wildman–Crippen MR) is 124 cm³/mol. The van der Waals surface area contributed by atoms with E-state index in [4.69, 9.17) is 21.4 Å². The number of amides is 1. The minimum atomic E-state index is -0.763. The zero-order valence-electron chi connectivity index (χ0n) is 18.1. The number of rotatable bonds is 9. The molecule has 0 spiro atoms. The van der Waals surface area contributed by atoms with Gasteiger partial charge in [-0.3, -0.25) is 9.59 Å². The number of aliphatic hydroxyl groups excluding tert-OH is 1. The third-order valence-corrected chi connectivity index (χ3v) is 4.71. The van der Waals surface area contributed by atoms with E-state index in [1.165, 1.54) is 18.3 Å². The number of benzene rings is 2. The van der Waals surface area contributed by atoms with Crippen LogP contribution in [0.4, 0.5) is 16.0 Å². The maximum atomic E-state index is 14.4. The first-order valence-electron chi connectivity index (χ1n) is 10.2. The molecule has 0 saturated carbocycles. The van der Waals surface area contributed by atoms with Crippen LogP contribution in [0.3, 0.4) is 0 Å². The molecule has 0 aliphatic heterocycles. The molecule has 10 heteroatoms. The summed E-state index contributed by atoms with van der Waals surface area (Å²) in [7, 11) is 0. The van der Waals surface area contributed by atoms with Gasteiger partial charge in [0.15, 0.2) is 11.6 Å². The Bertz CT molecular complexity index is 1180. The van der Waals surface area contributed by atoms with Crippen molar-refractivity contribution < 1.29 is 19.0 Å². The van der Waals surface area contributed by atoms with Crippen LogP contribution in [0.1, 0.15) is 29.8 Å². The highest BCUT2D eigenvalue weighted by molar-refractivity contribution is 6.30. The van der Waals surface area contributed by atoms with Crippen molar-refractivity contribution in [2.45, 2.75) is 26.5 Å². The van der Waals surface area contributed by atoms with Crippen molar-refractivity contribution in [1.29, 1.82) is 0 Å². The summed E-state index contributed by atoms with van der Waals surface area (Å²) in [5, 5.41) is 14.9. The topological polar surface area (TPSA) is 105 Å². The van der Waals surface area contributed by atoms with Crippen LogP contribution in [0.5, 0.6) is 5.75 Å². The Labute approximate surface area is 195 Å². The molecular weight excluding hydrogens is 451 g/mol. The molecule has 174 valence electrons. The van der Waals surface area contributed by atoms with Crippen molar-refractivity contribution in [3.05, 3.63) is 81.0 Å². The van der Waals surface area contributed by atoms with E-state index >= 15 is 0 Å². The molecule has 3 N–H and O–H groups in total. The van der Waals surface area contributed by atoms with Gasteiger partial charge in [-0.25, -0.2) is 4.39 Å². The van der Waals surface area contributed by atoms with Gasteiger partial charge in [0.25, 0.3) is 11.5 Å². The van der Waals surface area contributed by atoms with E-state index in [2.05, 4.69) is 15.6 Å². The zero-order chi connectivity index (χ0) is 24.0. The fourth-order valence-corrected chi connectivity index (χ4v) is 3.10. The molecule has 0 unspecified atom stereocenters. The zero-order valence-corrected chi connectivity index (χ0v) is 18.9. The molecule has 0 aliphatic rings. The highest BCUT2D eigenvalue weighted by Crippen LogP contribution is 2.24. The van der Waals surface area contributed by atoms with E-state index in [0.717, 1.165) is 5.56 Å². The van der Waals surface area contributed by atoms with Gasteiger partial charge in [0.2, 0.25) is 5.95 Å². The molecule has 0 atom stereocenters.